The molecule has 40 heavy (non-hydrogen) atoms. The maximum atomic E-state index is 11.6. The zero-order valence-corrected chi connectivity index (χ0v) is 21.0. The fraction of sp³-hybridized carbons (Fsp3) is 0.133. The number of hydrogen-bond acceptors (Lipinski definition) is 8. The monoisotopic (exact) mass is 546 g/mol. The normalized spacial score (nSPS) is 12.3. The largest absolute Gasteiger partial charge is 0.508 e. The molecule has 0 radical (unpaired) electrons. The van der Waals surface area contributed by atoms with E-state index in [2.05, 4.69) is 0 Å². The van der Waals surface area contributed by atoms with Gasteiger partial charge in [0, 0.05) is 34.4 Å². The summed E-state index contributed by atoms with van der Waals surface area (Å²) >= 11 is 0. The molecule has 2 atom stereocenters. The lowest BCUT2D eigenvalue weighted by Gasteiger charge is -2.23. The molecule has 10 nitrogen and oxygen atoms in total. The van der Waals surface area contributed by atoms with Crippen molar-refractivity contribution in [2.45, 2.75) is 25.0 Å². The van der Waals surface area contributed by atoms with Gasteiger partial charge in [0.15, 0.2) is 0 Å². The second-order valence-electron chi connectivity index (χ2n) is 8.97. The van der Waals surface area contributed by atoms with Crippen LogP contribution in [0.2, 0.25) is 0 Å². The third kappa shape index (κ3) is 6.93. The Morgan fingerprint density at radius 2 is 0.875 bits per heavy atom. The van der Waals surface area contributed by atoms with Crippen LogP contribution >= 0.6 is 0 Å². The Labute approximate surface area is 228 Å². The zero-order valence-electron chi connectivity index (χ0n) is 21.0. The van der Waals surface area contributed by atoms with E-state index >= 15 is 0 Å². The number of para-hydroxylation sites is 2. The predicted octanol–water partition coefficient (Wildman–Crippen LogP) is 5.37. The van der Waals surface area contributed by atoms with Crippen LogP contribution in [-0.4, -0.2) is 42.6 Å². The van der Waals surface area contributed by atoms with Crippen LogP contribution in [0.3, 0.4) is 0 Å². The lowest BCUT2D eigenvalue weighted by atomic mass is 10.0. The number of aromatic hydroxyl groups is 4. The van der Waals surface area contributed by atoms with Crippen LogP contribution in [0.5, 0.6) is 34.5 Å². The van der Waals surface area contributed by atoms with Gasteiger partial charge in [0.05, 0.1) is 12.8 Å². The summed E-state index contributed by atoms with van der Waals surface area (Å²) in [5.74, 6) is -2.85. The Balaban J connectivity index is 1.74. The van der Waals surface area contributed by atoms with Crippen molar-refractivity contribution in [2.75, 3.05) is 0 Å². The van der Waals surface area contributed by atoms with Crippen LogP contribution in [0.15, 0.2) is 84.9 Å². The number of benzene rings is 4. The van der Waals surface area contributed by atoms with Crippen molar-refractivity contribution in [1.29, 1.82) is 0 Å². The van der Waals surface area contributed by atoms with E-state index in [1.165, 1.54) is 24.3 Å². The molecular formula is C30H26O10. The van der Waals surface area contributed by atoms with Gasteiger partial charge in [0.2, 0.25) is 0 Å². The summed E-state index contributed by atoms with van der Waals surface area (Å²) in [7, 11) is 0. The van der Waals surface area contributed by atoms with Gasteiger partial charge in [-0.15, -0.1) is 0 Å². The summed E-state index contributed by atoms with van der Waals surface area (Å²) in [5.41, 5.74) is 1.46. The molecule has 0 aliphatic rings. The van der Waals surface area contributed by atoms with Crippen LogP contribution in [0, 0.1) is 0 Å². The average Bonchev–Trinajstić information content (AvgIpc) is 2.87. The summed E-state index contributed by atoms with van der Waals surface area (Å²) in [6.45, 7) is 0. The van der Waals surface area contributed by atoms with Crippen molar-refractivity contribution in [3.8, 4) is 45.6 Å². The Morgan fingerprint density at radius 1 is 0.550 bits per heavy atom. The molecular weight excluding hydrogens is 520 g/mol. The van der Waals surface area contributed by atoms with Crippen molar-refractivity contribution >= 4 is 11.9 Å². The van der Waals surface area contributed by atoms with Crippen LogP contribution < -0.4 is 9.47 Å². The summed E-state index contributed by atoms with van der Waals surface area (Å²) in [5, 5.41) is 58.7. The summed E-state index contributed by atoms with van der Waals surface area (Å²) in [4.78, 5) is 23.3. The quantitative estimate of drug-likeness (QED) is 0.144. The molecule has 0 heterocycles. The fourth-order valence-corrected chi connectivity index (χ4v) is 4.27. The van der Waals surface area contributed by atoms with Crippen LogP contribution in [0.25, 0.3) is 11.1 Å². The van der Waals surface area contributed by atoms with Crippen molar-refractivity contribution in [3.63, 3.8) is 0 Å². The molecule has 0 amide bonds. The first-order valence-electron chi connectivity index (χ1n) is 12.1. The van der Waals surface area contributed by atoms with E-state index in [0.29, 0.717) is 11.1 Å². The number of rotatable bonds is 11. The molecule has 0 saturated heterocycles. The lowest BCUT2D eigenvalue weighted by molar-refractivity contribution is -0.140. The summed E-state index contributed by atoms with van der Waals surface area (Å²) in [6.07, 6.45) is -3.12. The molecule has 4 aromatic carbocycles. The molecule has 4 aromatic rings. The number of phenolic OH excluding ortho intramolecular Hbond substituents is 4. The van der Waals surface area contributed by atoms with Crippen molar-refractivity contribution in [2.24, 2.45) is 0 Å². The summed E-state index contributed by atoms with van der Waals surface area (Å²) < 4.78 is 12.3. The van der Waals surface area contributed by atoms with E-state index in [-0.39, 0.29) is 45.6 Å². The van der Waals surface area contributed by atoms with Crippen molar-refractivity contribution < 1.29 is 49.7 Å². The van der Waals surface area contributed by atoms with Gasteiger partial charge in [-0.3, -0.25) is 9.59 Å². The number of aliphatic carboxylic acids is 2. The van der Waals surface area contributed by atoms with E-state index in [1.54, 1.807) is 48.5 Å². The van der Waals surface area contributed by atoms with Gasteiger partial charge in [0.25, 0.3) is 0 Å². The molecule has 0 saturated carbocycles. The van der Waals surface area contributed by atoms with Gasteiger partial charge in [-0.1, -0.05) is 36.4 Å². The standard InChI is InChI=1S/C30H26O10/c31-19-9-17(10-20(32)13-19)27(15-29(35)36)39-25-7-3-1-5-23(25)24-6-2-4-8-26(24)40-28(16-30(37)38)18-11-21(33)14-22(34)12-18/h1-14,27-28,31-34H,15-16H2,(H,35,36)(H,37,38). The molecule has 6 N–H and O–H groups in total. The number of hydrogen-bond donors (Lipinski definition) is 6. The third-order valence-corrected chi connectivity index (χ3v) is 5.92. The molecule has 0 fully saturated rings. The first-order valence-corrected chi connectivity index (χ1v) is 12.1. The zero-order chi connectivity index (χ0) is 28.8. The minimum absolute atomic E-state index is 0.240. The Hall–Kier alpha value is -5.38. The van der Waals surface area contributed by atoms with E-state index < -0.39 is 37.0 Å². The second-order valence-corrected chi connectivity index (χ2v) is 8.97. The van der Waals surface area contributed by atoms with E-state index in [1.807, 2.05) is 0 Å². The van der Waals surface area contributed by atoms with Gasteiger partial charge in [-0.2, -0.15) is 0 Å². The number of carboxylic acids is 2. The van der Waals surface area contributed by atoms with Crippen LogP contribution in [0.4, 0.5) is 0 Å². The summed E-state index contributed by atoms with van der Waals surface area (Å²) in [6, 6.07) is 20.9. The van der Waals surface area contributed by atoms with Crippen molar-refractivity contribution in [1.82, 2.24) is 0 Å². The van der Waals surface area contributed by atoms with Gasteiger partial charge < -0.3 is 40.1 Å². The maximum Gasteiger partial charge on any atom is 0.307 e. The van der Waals surface area contributed by atoms with E-state index in [0.717, 1.165) is 12.1 Å². The highest BCUT2D eigenvalue weighted by Crippen LogP contribution is 2.41. The van der Waals surface area contributed by atoms with Gasteiger partial charge in [-0.25, -0.2) is 0 Å². The molecule has 10 heteroatoms. The lowest BCUT2D eigenvalue weighted by Crippen LogP contribution is -2.14. The molecule has 0 aliphatic carbocycles. The van der Waals surface area contributed by atoms with Crippen LogP contribution in [0.1, 0.15) is 36.2 Å². The topological polar surface area (TPSA) is 174 Å². The number of phenols is 4. The smallest absolute Gasteiger partial charge is 0.307 e. The highest BCUT2D eigenvalue weighted by atomic mass is 16.5. The Morgan fingerprint density at radius 3 is 1.20 bits per heavy atom. The number of carboxylic acid groups (broad SMARTS) is 2. The van der Waals surface area contributed by atoms with Crippen molar-refractivity contribution in [3.05, 3.63) is 96.1 Å². The molecule has 0 bridgehead atoms. The minimum Gasteiger partial charge on any atom is -0.508 e. The minimum atomic E-state index is -1.17. The number of carbonyl (C=O) groups is 2. The van der Waals surface area contributed by atoms with Gasteiger partial charge in [-0.05, 0) is 36.4 Å². The van der Waals surface area contributed by atoms with E-state index in [4.69, 9.17) is 9.47 Å². The molecule has 206 valence electrons. The van der Waals surface area contributed by atoms with Gasteiger partial charge >= 0.3 is 11.9 Å². The SMILES string of the molecule is O=C(O)CC(Oc1ccccc1-c1ccccc1OC(CC(=O)O)c1cc(O)cc(O)c1)c1cc(O)cc(O)c1. The number of ether oxygens (including phenoxy) is 2. The highest BCUT2D eigenvalue weighted by molar-refractivity contribution is 5.76. The molecule has 0 aromatic heterocycles. The van der Waals surface area contributed by atoms with E-state index in [9.17, 15) is 40.2 Å². The fourth-order valence-electron chi connectivity index (χ4n) is 4.27. The van der Waals surface area contributed by atoms with Crippen LogP contribution in [-0.2, 0) is 9.59 Å². The second kappa shape index (κ2) is 12.0. The first kappa shape index (κ1) is 27.6. The first-order chi connectivity index (χ1) is 19.1. The Kier molecular flexibility index (Phi) is 8.29. The average molecular weight is 547 g/mol. The molecule has 2 unspecified atom stereocenters. The molecule has 0 aliphatic heterocycles. The molecule has 0 spiro atoms. The third-order valence-electron chi connectivity index (χ3n) is 5.92. The highest BCUT2D eigenvalue weighted by Gasteiger charge is 2.24. The molecule has 4 rings (SSSR count). The predicted molar refractivity (Wildman–Crippen MR) is 143 cm³/mol. The Bertz CT molecular complexity index is 1380. The maximum absolute atomic E-state index is 11.6. The van der Waals surface area contributed by atoms with Gasteiger partial charge in [0.1, 0.15) is 46.7 Å².